The molecule has 0 aliphatic rings. The Labute approximate surface area is 94.3 Å². The lowest BCUT2D eigenvalue weighted by atomic mass is 10.0. The molecule has 0 N–H and O–H groups in total. The molecule has 15 heavy (non-hydrogen) atoms. The van der Waals surface area contributed by atoms with Gasteiger partial charge in [0.15, 0.2) is 0 Å². The summed E-state index contributed by atoms with van der Waals surface area (Å²) in [6, 6.07) is 3.21. The maximum atomic E-state index is 8.59. The summed E-state index contributed by atoms with van der Waals surface area (Å²) < 4.78 is 0. The van der Waals surface area contributed by atoms with E-state index in [0.717, 1.165) is 13.0 Å². The molecule has 1 atom stereocenters. The van der Waals surface area contributed by atoms with E-state index in [1.54, 1.807) is 0 Å². The van der Waals surface area contributed by atoms with E-state index in [4.69, 9.17) is 11.7 Å². The topological polar surface area (TPSA) is 27.0 Å². The second-order valence-corrected chi connectivity index (χ2v) is 4.44. The molecule has 0 aliphatic heterocycles. The van der Waals surface area contributed by atoms with Crippen LogP contribution in [0.15, 0.2) is 0 Å². The molecule has 0 bridgehead atoms. The zero-order valence-electron chi connectivity index (χ0n) is 10.3. The molecule has 0 rings (SSSR count). The molecule has 0 saturated carbocycles. The van der Waals surface area contributed by atoms with Gasteiger partial charge in [0.25, 0.3) is 0 Å². The minimum absolute atomic E-state index is 0.106. The quantitative estimate of drug-likeness (QED) is 0.625. The maximum absolute atomic E-state index is 8.59. The number of nitrogens with zero attached hydrogens (tertiary/aromatic N) is 2. The first-order valence-corrected chi connectivity index (χ1v) is 5.61. The summed E-state index contributed by atoms with van der Waals surface area (Å²) in [4.78, 5) is 2.40. The third kappa shape index (κ3) is 5.45. The third-order valence-corrected chi connectivity index (χ3v) is 2.64. The summed E-state index contributed by atoms with van der Waals surface area (Å²) in [5, 5.41) is 8.59. The van der Waals surface area contributed by atoms with Crippen molar-refractivity contribution in [1.82, 2.24) is 4.90 Å². The molecule has 0 fully saturated rings. The van der Waals surface area contributed by atoms with Crippen LogP contribution in [-0.4, -0.2) is 23.5 Å². The summed E-state index contributed by atoms with van der Waals surface area (Å²) in [7, 11) is 0. The summed E-state index contributed by atoms with van der Waals surface area (Å²) in [5.41, 5.74) is 0. The molecule has 0 aromatic rings. The average Bonchev–Trinajstić information content (AvgIpc) is 2.15. The van der Waals surface area contributed by atoms with Crippen LogP contribution in [0.5, 0.6) is 0 Å². The molecule has 2 heteroatoms. The zero-order valence-corrected chi connectivity index (χ0v) is 10.3. The fourth-order valence-corrected chi connectivity index (χ4v) is 1.77. The lowest BCUT2D eigenvalue weighted by molar-refractivity contribution is 0.167. The first kappa shape index (κ1) is 14.0. The highest BCUT2D eigenvalue weighted by molar-refractivity contribution is 4.97. The van der Waals surface area contributed by atoms with Gasteiger partial charge >= 0.3 is 0 Å². The molecular weight excluding hydrogens is 184 g/mol. The van der Waals surface area contributed by atoms with Crippen molar-refractivity contribution in [2.75, 3.05) is 6.54 Å². The van der Waals surface area contributed by atoms with Crippen molar-refractivity contribution in [1.29, 1.82) is 5.26 Å². The Morgan fingerprint density at radius 2 is 1.73 bits per heavy atom. The molecule has 0 saturated heterocycles. The van der Waals surface area contributed by atoms with E-state index >= 15 is 0 Å². The molecule has 2 nitrogen and oxygen atoms in total. The number of hydrogen-bond donors (Lipinski definition) is 0. The Balaban J connectivity index is 4.11. The maximum Gasteiger partial charge on any atom is 0.0634 e. The van der Waals surface area contributed by atoms with Crippen molar-refractivity contribution in [3.63, 3.8) is 0 Å². The van der Waals surface area contributed by atoms with Crippen molar-refractivity contribution in [2.45, 2.75) is 52.6 Å². The van der Waals surface area contributed by atoms with Crippen molar-refractivity contribution < 1.29 is 0 Å². The molecule has 0 spiro atoms. The van der Waals surface area contributed by atoms with Crippen LogP contribution in [0.3, 0.4) is 0 Å². The minimum Gasteiger partial charge on any atom is -0.298 e. The van der Waals surface area contributed by atoms with Gasteiger partial charge in [0.1, 0.15) is 0 Å². The lowest BCUT2D eigenvalue weighted by Crippen LogP contribution is -2.38. The number of terminal acetylenes is 1. The summed E-state index contributed by atoms with van der Waals surface area (Å²) in [5.74, 6) is 2.79. The van der Waals surface area contributed by atoms with Gasteiger partial charge in [0, 0.05) is 24.4 Å². The number of hydrogen-bond acceptors (Lipinski definition) is 2. The smallest absolute Gasteiger partial charge is 0.0634 e. The van der Waals surface area contributed by atoms with Gasteiger partial charge in [-0.15, -0.1) is 12.3 Å². The van der Waals surface area contributed by atoms with Crippen LogP contribution in [0.1, 0.15) is 40.5 Å². The first-order valence-electron chi connectivity index (χ1n) is 5.61. The highest BCUT2D eigenvalue weighted by Crippen LogP contribution is 2.12. The van der Waals surface area contributed by atoms with E-state index < -0.39 is 0 Å². The second kappa shape index (κ2) is 7.32. The van der Waals surface area contributed by atoms with Gasteiger partial charge in [-0.3, -0.25) is 4.90 Å². The highest BCUT2D eigenvalue weighted by Gasteiger charge is 2.14. The van der Waals surface area contributed by atoms with Gasteiger partial charge in [-0.2, -0.15) is 5.26 Å². The lowest BCUT2D eigenvalue weighted by Gasteiger charge is -2.31. The Kier molecular flexibility index (Phi) is 6.84. The molecule has 0 heterocycles. The van der Waals surface area contributed by atoms with E-state index in [1.807, 2.05) is 0 Å². The predicted molar refractivity (Wildman–Crippen MR) is 64.1 cm³/mol. The molecule has 0 amide bonds. The van der Waals surface area contributed by atoms with Crippen molar-refractivity contribution in [3.05, 3.63) is 0 Å². The molecule has 0 radical (unpaired) electrons. The summed E-state index contributed by atoms with van der Waals surface area (Å²) in [6.07, 6.45) is 6.77. The highest BCUT2D eigenvalue weighted by atomic mass is 15.2. The van der Waals surface area contributed by atoms with Crippen LogP contribution < -0.4 is 0 Å². The van der Waals surface area contributed by atoms with Gasteiger partial charge in [-0.05, 0) is 40.7 Å². The van der Waals surface area contributed by atoms with Crippen LogP contribution in [-0.2, 0) is 0 Å². The summed E-state index contributed by atoms with van der Waals surface area (Å²) in [6.45, 7) is 9.74. The predicted octanol–water partition coefficient (Wildman–Crippen LogP) is 2.66. The van der Waals surface area contributed by atoms with E-state index in [0.29, 0.717) is 18.5 Å². The van der Waals surface area contributed by atoms with Crippen LogP contribution in [0.25, 0.3) is 0 Å². The van der Waals surface area contributed by atoms with Gasteiger partial charge in [-0.1, -0.05) is 0 Å². The van der Waals surface area contributed by atoms with E-state index in [1.165, 1.54) is 0 Å². The minimum atomic E-state index is 0.106. The molecule has 0 aromatic heterocycles. The van der Waals surface area contributed by atoms with Gasteiger partial charge < -0.3 is 0 Å². The Hall–Kier alpha value is -0.990. The van der Waals surface area contributed by atoms with Crippen LogP contribution in [0, 0.1) is 29.6 Å². The van der Waals surface area contributed by atoms with Crippen LogP contribution in [0.2, 0.25) is 0 Å². The Bertz CT molecular complexity index is 234. The standard InChI is InChI=1S/C13H22N2/c1-6-13(7-9-14)8-10-15(11(2)3)12(4)5/h1,11-13H,7-8,10H2,2-5H3. The largest absolute Gasteiger partial charge is 0.298 e. The third-order valence-electron chi connectivity index (χ3n) is 2.64. The van der Waals surface area contributed by atoms with E-state index in [9.17, 15) is 0 Å². The van der Waals surface area contributed by atoms with Crippen molar-refractivity contribution >= 4 is 0 Å². The van der Waals surface area contributed by atoms with Crippen LogP contribution in [0.4, 0.5) is 0 Å². The fraction of sp³-hybridized carbons (Fsp3) is 0.769. The number of rotatable bonds is 6. The molecule has 0 aliphatic carbocycles. The average molecular weight is 206 g/mol. The zero-order chi connectivity index (χ0) is 11.8. The van der Waals surface area contributed by atoms with Crippen molar-refractivity contribution in [2.24, 2.45) is 5.92 Å². The van der Waals surface area contributed by atoms with E-state index in [-0.39, 0.29) is 5.92 Å². The Morgan fingerprint density at radius 1 is 1.20 bits per heavy atom. The van der Waals surface area contributed by atoms with E-state index in [2.05, 4.69) is 44.6 Å². The van der Waals surface area contributed by atoms with Gasteiger partial charge in [-0.25, -0.2) is 0 Å². The second-order valence-electron chi connectivity index (χ2n) is 4.44. The number of nitriles is 1. The molecular formula is C13H22N2. The first-order chi connectivity index (χ1) is 7.02. The normalized spacial score (nSPS) is 12.9. The molecule has 84 valence electrons. The summed E-state index contributed by atoms with van der Waals surface area (Å²) >= 11 is 0. The molecule has 1 unspecified atom stereocenters. The van der Waals surface area contributed by atoms with Gasteiger partial charge in [0.2, 0.25) is 0 Å². The monoisotopic (exact) mass is 206 g/mol. The Morgan fingerprint density at radius 3 is 2.07 bits per heavy atom. The SMILES string of the molecule is C#CC(CC#N)CCN(C(C)C)C(C)C. The van der Waals surface area contributed by atoms with Crippen LogP contribution >= 0.6 is 0 Å². The fourth-order valence-electron chi connectivity index (χ4n) is 1.77. The van der Waals surface area contributed by atoms with Crippen molar-refractivity contribution in [3.8, 4) is 18.4 Å². The molecule has 0 aromatic carbocycles. The van der Waals surface area contributed by atoms with Gasteiger partial charge in [0.05, 0.1) is 6.07 Å².